The number of methoxy groups -OCH3 is 1. The van der Waals surface area contributed by atoms with Crippen LogP contribution in [0.4, 0.5) is 29.1 Å². The maximum Gasteiger partial charge on any atom is 0.419 e. The number of aromatic nitrogens is 2. The molecule has 18 heteroatoms. The Labute approximate surface area is 329 Å². The molecule has 1 aliphatic carbocycles. The van der Waals surface area contributed by atoms with Crippen LogP contribution >= 0.6 is 0 Å². The van der Waals surface area contributed by atoms with Crippen molar-refractivity contribution in [1.29, 1.82) is 0 Å². The number of likely N-dealkylation sites (N-methyl/N-ethyl adjacent to an activating group) is 1. The third-order valence-electron chi connectivity index (χ3n) is 10.5. The number of ether oxygens (including phenoxy) is 2. The van der Waals surface area contributed by atoms with Crippen LogP contribution in [0.1, 0.15) is 76.3 Å². The average Bonchev–Trinajstić information content (AvgIpc) is 3.86. The molecule has 1 unspecified atom stereocenters. The van der Waals surface area contributed by atoms with Gasteiger partial charge in [0, 0.05) is 35.4 Å². The summed E-state index contributed by atoms with van der Waals surface area (Å²) in [6.07, 6.45) is -3.29. The Kier molecular flexibility index (Phi) is 10.6. The van der Waals surface area contributed by atoms with E-state index in [2.05, 4.69) is 25.9 Å². The van der Waals surface area contributed by atoms with E-state index < -0.39 is 59.2 Å². The van der Waals surface area contributed by atoms with E-state index in [1.165, 1.54) is 38.3 Å². The zero-order valence-electron chi connectivity index (χ0n) is 31.9. The number of piperidine rings is 1. The van der Waals surface area contributed by atoms with Crippen LogP contribution in [-0.4, -0.2) is 89.2 Å². The SMILES string of the molecule is COc1cc2nc(C)nc(N[C@H](C)c3cccc(C(F)(F)F)c3F)c2cc1OCC1(CN(C)CC(=O)Nc2cccc3c2C(=O)N(C2CCC(=O)NC2=O)C3=O)CC1. The molecule has 0 spiro atoms. The monoisotopic (exact) mass is 805 g/mol. The Hall–Kier alpha value is -6.17. The van der Waals surface area contributed by atoms with Crippen LogP contribution in [-0.2, 0) is 20.6 Å². The van der Waals surface area contributed by atoms with Crippen LogP contribution < -0.4 is 25.4 Å². The fraction of sp³-hybridized carbons (Fsp3) is 0.375. The molecule has 3 N–H and O–H groups in total. The van der Waals surface area contributed by atoms with Crippen molar-refractivity contribution < 1.29 is 51.0 Å². The molecule has 0 bridgehead atoms. The molecule has 0 radical (unpaired) electrons. The van der Waals surface area contributed by atoms with E-state index in [1.807, 2.05) is 4.90 Å². The lowest BCUT2D eigenvalue weighted by Crippen LogP contribution is -2.54. The number of hydrogen-bond acceptors (Lipinski definition) is 11. The molecule has 304 valence electrons. The van der Waals surface area contributed by atoms with Crippen LogP contribution in [0.5, 0.6) is 11.5 Å². The Morgan fingerprint density at radius 1 is 1.07 bits per heavy atom. The van der Waals surface area contributed by atoms with Crippen molar-refractivity contribution in [2.75, 3.05) is 44.5 Å². The summed E-state index contributed by atoms with van der Waals surface area (Å²) in [6.45, 7) is 3.80. The molecular formula is C40H39F4N7O7. The molecule has 5 amide bonds. The van der Waals surface area contributed by atoms with Crippen molar-refractivity contribution in [3.8, 4) is 11.5 Å². The minimum atomic E-state index is -4.86. The molecule has 1 saturated carbocycles. The van der Waals surface area contributed by atoms with Gasteiger partial charge in [-0.15, -0.1) is 0 Å². The second kappa shape index (κ2) is 15.3. The highest BCUT2D eigenvalue weighted by Gasteiger charge is 2.47. The number of halogens is 4. The normalized spacial score (nSPS) is 17.9. The predicted octanol–water partition coefficient (Wildman–Crippen LogP) is 5.41. The van der Waals surface area contributed by atoms with Gasteiger partial charge in [-0.25, -0.2) is 14.4 Å². The average molecular weight is 806 g/mol. The highest BCUT2D eigenvalue weighted by molar-refractivity contribution is 6.26. The summed E-state index contributed by atoms with van der Waals surface area (Å²) >= 11 is 0. The number of alkyl halides is 3. The van der Waals surface area contributed by atoms with Crippen molar-refractivity contribution in [1.82, 2.24) is 25.1 Å². The quantitative estimate of drug-likeness (QED) is 0.117. The van der Waals surface area contributed by atoms with Crippen molar-refractivity contribution >= 4 is 51.9 Å². The minimum absolute atomic E-state index is 0.00204. The zero-order valence-corrected chi connectivity index (χ0v) is 31.9. The first-order valence-electron chi connectivity index (χ1n) is 18.4. The van der Waals surface area contributed by atoms with Gasteiger partial charge < -0.3 is 20.1 Å². The summed E-state index contributed by atoms with van der Waals surface area (Å²) in [6, 6.07) is 8.84. The first-order valence-corrected chi connectivity index (χ1v) is 18.4. The van der Waals surface area contributed by atoms with Crippen molar-refractivity contribution in [3.63, 3.8) is 0 Å². The van der Waals surface area contributed by atoms with Crippen LogP contribution in [0.15, 0.2) is 48.5 Å². The molecule has 7 rings (SSSR count). The van der Waals surface area contributed by atoms with Gasteiger partial charge in [-0.05, 0) is 64.4 Å². The largest absolute Gasteiger partial charge is 0.493 e. The van der Waals surface area contributed by atoms with E-state index >= 15 is 4.39 Å². The predicted molar refractivity (Wildman–Crippen MR) is 201 cm³/mol. The van der Waals surface area contributed by atoms with Gasteiger partial charge in [0.2, 0.25) is 17.7 Å². The molecule has 2 atom stereocenters. The van der Waals surface area contributed by atoms with Gasteiger partial charge >= 0.3 is 6.18 Å². The van der Waals surface area contributed by atoms with Crippen LogP contribution in [0.2, 0.25) is 0 Å². The topological polar surface area (TPSA) is 172 Å². The lowest BCUT2D eigenvalue weighted by Gasteiger charge is -2.27. The number of amides is 5. The maximum atomic E-state index is 15.0. The van der Waals surface area contributed by atoms with Gasteiger partial charge in [0.15, 0.2) is 11.5 Å². The molecule has 3 aliphatic rings. The number of carbonyl (C=O) groups is 5. The molecule has 14 nitrogen and oxygen atoms in total. The van der Waals surface area contributed by atoms with Gasteiger partial charge in [-0.1, -0.05) is 18.2 Å². The number of nitrogens with one attached hydrogen (secondary N) is 3. The zero-order chi connectivity index (χ0) is 41.7. The standard InChI is InChI=1S/C40H39F4N7O7/c1-20(22-7-5-9-25(34(22)41)40(42,43)44)45-35-24-15-30(29(57-4)16-27(24)46-21(2)47-35)58-19-39(13-14-39)18-50(3)17-32(53)48-26-10-6-8-23-33(26)38(56)51(37(23)55)28-11-12-31(52)49-36(28)54/h5-10,15-16,20,28H,11-14,17-19H2,1-4H3,(H,48,53)(H,45,46,47)(H,49,52,54)/t20-,28?/m1/s1. The summed E-state index contributed by atoms with van der Waals surface area (Å²) in [7, 11) is 3.23. The van der Waals surface area contributed by atoms with Gasteiger partial charge in [-0.3, -0.25) is 39.1 Å². The molecule has 3 aromatic carbocycles. The number of aryl methyl sites for hydroxylation is 1. The van der Waals surface area contributed by atoms with Crippen molar-refractivity contribution in [2.45, 2.75) is 57.8 Å². The lowest BCUT2D eigenvalue weighted by molar-refractivity contribution is -0.140. The summed E-state index contributed by atoms with van der Waals surface area (Å²) in [5.74, 6) is -3.13. The number of rotatable bonds is 13. The van der Waals surface area contributed by atoms with Gasteiger partial charge in [0.25, 0.3) is 11.8 Å². The van der Waals surface area contributed by atoms with E-state index in [1.54, 1.807) is 26.1 Å². The minimum Gasteiger partial charge on any atom is -0.493 e. The first-order chi connectivity index (χ1) is 27.5. The molecule has 1 saturated heterocycles. The number of carbonyl (C=O) groups excluding carboxylic acids is 5. The van der Waals surface area contributed by atoms with Gasteiger partial charge in [-0.2, -0.15) is 13.2 Å². The molecule has 1 aromatic heterocycles. The molecule has 3 heterocycles. The summed E-state index contributed by atoms with van der Waals surface area (Å²) in [5, 5.41) is 8.41. The fourth-order valence-electron chi connectivity index (χ4n) is 7.46. The molecule has 58 heavy (non-hydrogen) atoms. The molecule has 2 aliphatic heterocycles. The van der Waals surface area contributed by atoms with E-state index in [-0.39, 0.29) is 59.6 Å². The van der Waals surface area contributed by atoms with Gasteiger partial charge in [0.05, 0.1) is 54.2 Å². The number of benzene rings is 3. The summed E-state index contributed by atoms with van der Waals surface area (Å²) in [4.78, 5) is 75.7. The number of imide groups is 2. The van der Waals surface area contributed by atoms with E-state index in [9.17, 15) is 37.1 Å². The van der Waals surface area contributed by atoms with Crippen LogP contribution in [0.25, 0.3) is 10.9 Å². The fourth-order valence-corrected chi connectivity index (χ4v) is 7.46. The van der Waals surface area contributed by atoms with Gasteiger partial charge in [0.1, 0.15) is 23.5 Å². The number of hydrogen-bond donors (Lipinski definition) is 3. The van der Waals surface area contributed by atoms with Crippen LogP contribution in [0, 0.1) is 18.2 Å². The summed E-state index contributed by atoms with van der Waals surface area (Å²) < 4.78 is 67.3. The smallest absolute Gasteiger partial charge is 0.419 e. The van der Waals surface area contributed by atoms with E-state index in [0.717, 1.165) is 23.8 Å². The highest BCUT2D eigenvalue weighted by atomic mass is 19.4. The Bertz CT molecular complexity index is 2370. The Morgan fingerprint density at radius 2 is 1.81 bits per heavy atom. The number of anilines is 2. The number of nitrogens with zero attached hydrogens (tertiary/aromatic N) is 4. The van der Waals surface area contributed by atoms with E-state index in [4.69, 9.17) is 9.47 Å². The van der Waals surface area contributed by atoms with Crippen LogP contribution in [0.3, 0.4) is 0 Å². The number of fused-ring (bicyclic) bond motifs is 2. The third kappa shape index (κ3) is 7.88. The molecule has 2 fully saturated rings. The second-order valence-electron chi connectivity index (χ2n) is 14.9. The Morgan fingerprint density at radius 3 is 2.50 bits per heavy atom. The third-order valence-corrected chi connectivity index (χ3v) is 10.5. The Balaban J connectivity index is 1.01. The highest BCUT2D eigenvalue weighted by Crippen LogP contribution is 2.47. The molecular weight excluding hydrogens is 766 g/mol. The lowest BCUT2D eigenvalue weighted by atomic mass is 10.0. The summed E-state index contributed by atoms with van der Waals surface area (Å²) in [5.41, 5.74) is -1.28. The molecule has 4 aromatic rings. The first kappa shape index (κ1) is 40.0. The van der Waals surface area contributed by atoms with E-state index in [0.29, 0.717) is 40.8 Å². The second-order valence-corrected chi connectivity index (χ2v) is 14.9. The maximum absolute atomic E-state index is 15.0. The van der Waals surface area contributed by atoms with Crippen molar-refractivity contribution in [3.05, 3.63) is 82.4 Å². The van der Waals surface area contributed by atoms with Crippen molar-refractivity contribution in [2.24, 2.45) is 5.41 Å².